The molecule has 1 unspecified atom stereocenters. The first-order valence-electron chi connectivity index (χ1n) is 19.3. The number of methoxy groups -OCH3 is 1. The number of amides is 3. The van der Waals surface area contributed by atoms with Crippen LogP contribution < -0.4 is 10.6 Å². The normalized spacial score (nSPS) is 20.6. The van der Waals surface area contributed by atoms with E-state index < -0.39 is 12.1 Å². The fraction of sp³-hybridized carbons (Fsp3) is 0.439. The van der Waals surface area contributed by atoms with Crippen molar-refractivity contribution in [2.45, 2.75) is 76.7 Å². The highest BCUT2D eigenvalue weighted by atomic mass is 16.5. The van der Waals surface area contributed by atoms with E-state index in [1.54, 1.807) is 11.8 Å². The molecule has 288 valence electrons. The maximum Gasteiger partial charge on any atom is 0.407 e. The number of benzene rings is 2. The number of nitrogens with one attached hydrogen (secondary N) is 3. The number of aromatic nitrogens is 4. The van der Waals surface area contributed by atoms with Crippen LogP contribution in [0.3, 0.4) is 0 Å². The minimum atomic E-state index is -0.700. The van der Waals surface area contributed by atoms with Crippen LogP contribution in [0.5, 0.6) is 0 Å². The summed E-state index contributed by atoms with van der Waals surface area (Å²) in [4.78, 5) is 67.4. The summed E-state index contributed by atoms with van der Waals surface area (Å²) >= 11 is 0. The molecule has 55 heavy (non-hydrogen) atoms. The molecule has 7 rings (SSSR count). The van der Waals surface area contributed by atoms with Crippen molar-refractivity contribution in [2.24, 2.45) is 4.99 Å². The Kier molecular flexibility index (Phi) is 11.5. The molecule has 3 N–H and O–H groups in total. The van der Waals surface area contributed by atoms with E-state index in [0.717, 1.165) is 78.4 Å². The number of hydrogen-bond acceptors (Lipinski definition) is 10. The highest BCUT2D eigenvalue weighted by molar-refractivity contribution is 5.95. The zero-order valence-electron chi connectivity index (χ0n) is 31.9. The van der Waals surface area contributed by atoms with Crippen molar-refractivity contribution < 1.29 is 19.1 Å². The SMILES string of the molecule is CCN(CC)[C@@H](C(=O)N1CCC[C@H]1c1ncc(-c2ccc(-c3ncc(C4CN=C([C@@H]5CCCN5C(=O)[C@H](C)NC(=O)OC)N4)cn3)cc2)[nH]1)c1ccccc1. The van der Waals surface area contributed by atoms with Crippen molar-refractivity contribution in [3.8, 4) is 22.6 Å². The van der Waals surface area contributed by atoms with E-state index in [-0.39, 0.29) is 36.0 Å². The van der Waals surface area contributed by atoms with Crippen LogP contribution in [-0.2, 0) is 14.3 Å². The molecule has 14 nitrogen and oxygen atoms in total. The lowest BCUT2D eigenvalue weighted by atomic mass is 10.0. The van der Waals surface area contributed by atoms with Crippen molar-refractivity contribution in [1.29, 1.82) is 0 Å². The minimum Gasteiger partial charge on any atom is -0.453 e. The molecule has 3 aliphatic rings. The van der Waals surface area contributed by atoms with Gasteiger partial charge in [-0.25, -0.2) is 19.7 Å². The van der Waals surface area contributed by atoms with Gasteiger partial charge >= 0.3 is 6.09 Å². The fourth-order valence-electron chi connectivity index (χ4n) is 8.03. The van der Waals surface area contributed by atoms with Gasteiger partial charge in [0.05, 0.1) is 43.7 Å². The number of carbonyl (C=O) groups is 3. The third-order valence-electron chi connectivity index (χ3n) is 11.0. The smallest absolute Gasteiger partial charge is 0.407 e. The van der Waals surface area contributed by atoms with E-state index in [0.29, 0.717) is 25.5 Å². The standard InChI is InChI=1S/C41H50N10O4/c1-5-49(6-2)35(28-12-8-7-9-13-28)40(53)51-21-11-15-34(51)38-44-24-31(47-38)27-16-18-29(19-17-27)36-42-22-30(23-43-36)32-25-45-37(48-32)33-14-10-20-50(33)39(52)26(3)46-41(54)55-4/h7-9,12-13,16-19,22-24,26,32-35H,5-6,10-11,14-15,20-21,25H2,1-4H3,(H,44,47)(H,45,48)(H,46,54)/t26-,32?,33-,34-,35+/m0/s1. The van der Waals surface area contributed by atoms with E-state index in [9.17, 15) is 14.4 Å². The molecule has 0 saturated carbocycles. The number of likely N-dealkylation sites (tertiary alicyclic amines) is 2. The number of aliphatic imine (C=N–C) groups is 1. The predicted octanol–water partition coefficient (Wildman–Crippen LogP) is 5.06. The lowest BCUT2D eigenvalue weighted by molar-refractivity contribution is -0.138. The van der Waals surface area contributed by atoms with Gasteiger partial charge in [-0.1, -0.05) is 68.4 Å². The van der Waals surface area contributed by atoms with Crippen LogP contribution in [0.15, 0.2) is 78.2 Å². The molecule has 14 heteroatoms. The van der Waals surface area contributed by atoms with Crippen molar-refractivity contribution >= 4 is 23.7 Å². The second kappa shape index (κ2) is 16.8. The molecular formula is C41H50N10O4. The molecule has 2 aromatic carbocycles. The Bertz CT molecular complexity index is 1980. The lowest BCUT2D eigenvalue weighted by Crippen LogP contribution is -2.52. The number of imidazole rings is 1. The second-order valence-corrected chi connectivity index (χ2v) is 14.3. The maximum atomic E-state index is 14.2. The maximum absolute atomic E-state index is 14.2. The first-order valence-corrected chi connectivity index (χ1v) is 19.3. The van der Waals surface area contributed by atoms with Crippen LogP contribution in [0.4, 0.5) is 4.79 Å². The number of rotatable bonds is 12. The fourth-order valence-corrected chi connectivity index (χ4v) is 8.03. The number of aromatic amines is 1. The summed E-state index contributed by atoms with van der Waals surface area (Å²) in [7, 11) is 1.28. The van der Waals surface area contributed by atoms with Gasteiger partial charge in [0.15, 0.2) is 5.82 Å². The Labute approximate surface area is 321 Å². The molecule has 5 heterocycles. The molecule has 3 aliphatic heterocycles. The van der Waals surface area contributed by atoms with Crippen LogP contribution in [0, 0.1) is 0 Å². The van der Waals surface area contributed by atoms with Crippen LogP contribution in [0.2, 0.25) is 0 Å². The highest BCUT2D eigenvalue weighted by Gasteiger charge is 2.39. The summed E-state index contributed by atoms with van der Waals surface area (Å²) in [6, 6.07) is 16.7. The number of alkyl carbamates (subject to hydrolysis) is 1. The summed E-state index contributed by atoms with van der Waals surface area (Å²) < 4.78 is 4.65. The van der Waals surface area contributed by atoms with E-state index in [2.05, 4.69) is 49.1 Å². The van der Waals surface area contributed by atoms with Gasteiger partial charge < -0.3 is 30.2 Å². The Morgan fingerprint density at radius 2 is 1.53 bits per heavy atom. The number of likely N-dealkylation sites (N-methyl/N-ethyl adjacent to an activating group) is 1. The van der Waals surface area contributed by atoms with Crippen molar-refractivity contribution in [3.63, 3.8) is 0 Å². The van der Waals surface area contributed by atoms with Gasteiger partial charge in [-0.3, -0.25) is 19.5 Å². The zero-order valence-corrected chi connectivity index (χ0v) is 31.9. The average molecular weight is 747 g/mol. The molecule has 0 spiro atoms. The highest BCUT2D eigenvalue weighted by Crippen LogP contribution is 2.36. The molecule has 2 saturated heterocycles. The molecule has 0 radical (unpaired) electrons. The van der Waals surface area contributed by atoms with Crippen LogP contribution in [-0.4, -0.2) is 110 Å². The van der Waals surface area contributed by atoms with Gasteiger partial charge in [0.1, 0.15) is 23.7 Å². The molecule has 2 aromatic heterocycles. The Morgan fingerprint density at radius 3 is 2.20 bits per heavy atom. The van der Waals surface area contributed by atoms with Gasteiger partial charge in [-0.2, -0.15) is 0 Å². The van der Waals surface area contributed by atoms with E-state index in [4.69, 9.17) is 9.98 Å². The minimum absolute atomic E-state index is 0.100. The first kappa shape index (κ1) is 37.7. The lowest BCUT2D eigenvalue weighted by Gasteiger charge is -2.34. The third-order valence-corrected chi connectivity index (χ3v) is 11.0. The van der Waals surface area contributed by atoms with Gasteiger partial charge in [-0.05, 0) is 56.8 Å². The summed E-state index contributed by atoms with van der Waals surface area (Å²) in [5.41, 5.74) is 4.68. The quantitative estimate of drug-likeness (QED) is 0.180. The van der Waals surface area contributed by atoms with Gasteiger partial charge in [0, 0.05) is 36.6 Å². The number of amidine groups is 1. The van der Waals surface area contributed by atoms with Gasteiger partial charge in [0.25, 0.3) is 0 Å². The Balaban J connectivity index is 0.978. The van der Waals surface area contributed by atoms with E-state index >= 15 is 0 Å². The Morgan fingerprint density at radius 1 is 0.873 bits per heavy atom. The first-order chi connectivity index (χ1) is 26.8. The third kappa shape index (κ3) is 7.95. The molecule has 5 atom stereocenters. The van der Waals surface area contributed by atoms with Crippen molar-refractivity contribution in [2.75, 3.05) is 39.8 Å². The summed E-state index contributed by atoms with van der Waals surface area (Å²) in [6.45, 7) is 9.27. The van der Waals surface area contributed by atoms with Crippen molar-refractivity contribution in [1.82, 2.24) is 45.3 Å². The van der Waals surface area contributed by atoms with E-state index in [1.165, 1.54) is 7.11 Å². The average Bonchev–Trinajstić information content (AvgIpc) is 4.07. The second-order valence-electron chi connectivity index (χ2n) is 14.3. The van der Waals surface area contributed by atoms with Gasteiger partial charge in [0.2, 0.25) is 11.8 Å². The molecule has 0 bridgehead atoms. The summed E-state index contributed by atoms with van der Waals surface area (Å²) in [5.74, 6) is 2.14. The van der Waals surface area contributed by atoms with Gasteiger partial charge in [-0.15, -0.1) is 0 Å². The number of hydrogen-bond donors (Lipinski definition) is 3. The molecule has 2 fully saturated rings. The van der Waals surface area contributed by atoms with Crippen LogP contribution in [0.25, 0.3) is 22.6 Å². The number of H-pyrrole nitrogens is 1. The Hall–Kier alpha value is -5.63. The number of nitrogens with zero attached hydrogens (tertiary/aromatic N) is 7. The summed E-state index contributed by atoms with van der Waals surface area (Å²) in [5, 5.41) is 6.06. The van der Waals surface area contributed by atoms with E-state index in [1.807, 2.05) is 78.1 Å². The predicted molar refractivity (Wildman–Crippen MR) is 209 cm³/mol. The topological polar surface area (TPSA) is 161 Å². The summed E-state index contributed by atoms with van der Waals surface area (Å²) in [6.07, 6.45) is 8.31. The number of ether oxygens (including phenoxy) is 1. The largest absolute Gasteiger partial charge is 0.453 e. The zero-order chi connectivity index (χ0) is 38.5. The monoisotopic (exact) mass is 746 g/mol. The van der Waals surface area contributed by atoms with Crippen molar-refractivity contribution in [3.05, 3.63) is 90.1 Å². The van der Waals surface area contributed by atoms with Crippen LogP contribution >= 0.6 is 0 Å². The molecule has 3 amide bonds. The number of carbonyl (C=O) groups excluding carboxylic acids is 3. The molecule has 0 aliphatic carbocycles. The molecular weight excluding hydrogens is 697 g/mol. The van der Waals surface area contributed by atoms with Crippen LogP contribution in [0.1, 0.15) is 81.5 Å². The molecule has 4 aromatic rings.